The molecule has 16 heteroatoms. The number of nitrogens with zero attached hydrogens (tertiary/aromatic N) is 16. The van der Waals surface area contributed by atoms with E-state index in [0.717, 1.165) is 177 Å². The minimum absolute atomic E-state index is 0.506. The molecule has 0 N–H and O–H groups in total. The van der Waals surface area contributed by atoms with E-state index >= 15 is 0 Å². The largest absolute Gasteiger partial charge is 0.256 e. The first-order valence-electron chi connectivity index (χ1n) is 48.2. The molecule has 0 saturated heterocycles. The highest BCUT2D eigenvalue weighted by Crippen LogP contribution is 2.39. The Morgan fingerprint density at radius 2 is 0.384 bits per heavy atom. The second-order valence-electron chi connectivity index (χ2n) is 35.3. The topological polar surface area (TPSA) is 206 Å². The molecule has 16 aromatic carbocycles. The van der Waals surface area contributed by atoms with Crippen LogP contribution in [-0.4, -0.2) is 79.7 Å². The molecule has 16 nitrogen and oxygen atoms in total. The Hall–Kier alpha value is -20.1. The summed E-state index contributed by atoms with van der Waals surface area (Å²) in [6, 6.07) is 159. The molecule has 10 aromatic heterocycles. The average Bonchev–Trinajstić information content (AvgIpc) is 0.758. The summed E-state index contributed by atoms with van der Waals surface area (Å²) in [6.07, 6.45) is 13.1. The number of fused-ring (bicyclic) bond motifs is 5. The van der Waals surface area contributed by atoms with Crippen molar-refractivity contribution in [2.24, 2.45) is 0 Å². The Kier molecular flexibility index (Phi) is 24.5. The smallest absolute Gasteiger partial charge is 0.182 e. The maximum atomic E-state index is 5.02. The highest BCUT2D eigenvalue weighted by molar-refractivity contribution is 5.98. The van der Waals surface area contributed by atoms with Crippen molar-refractivity contribution in [1.29, 1.82) is 0 Å². The van der Waals surface area contributed by atoms with Crippen LogP contribution in [0.15, 0.2) is 510 Å². The minimum Gasteiger partial charge on any atom is -0.256 e. The lowest BCUT2D eigenvalue weighted by molar-refractivity contribution is 1.06. The van der Waals surface area contributed by atoms with Gasteiger partial charge in [-0.2, -0.15) is 0 Å². The van der Waals surface area contributed by atoms with Gasteiger partial charge in [0.25, 0.3) is 0 Å². The summed E-state index contributed by atoms with van der Waals surface area (Å²) in [5.74, 6) is 5.35. The van der Waals surface area contributed by atoms with Gasteiger partial charge in [-0.1, -0.05) is 388 Å². The van der Waals surface area contributed by atoms with Crippen LogP contribution in [0.4, 0.5) is 0 Å². The monoisotopic (exact) mass is 1870 g/mol. The van der Waals surface area contributed by atoms with Crippen LogP contribution in [0, 0.1) is 0 Å². The van der Waals surface area contributed by atoms with Crippen LogP contribution in [0.1, 0.15) is 0 Å². The molecule has 0 aliphatic carbocycles. The van der Waals surface area contributed by atoms with E-state index < -0.39 is 0 Å². The number of para-hydroxylation sites is 4. The van der Waals surface area contributed by atoms with Crippen molar-refractivity contribution in [3.8, 4) is 203 Å². The second-order valence-corrected chi connectivity index (χ2v) is 35.3. The zero-order valence-electron chi connectivity index (χ0n) is 78.7. The van der Waals surface area contributed by atoms with Gasteiger partial charge in [0, 0.05) is 143 Å². The molecule has 0 aliphatic rings. The van der Waals surface area contributed by atoms with Gasteiger partial charge >= 0.3 is 0 Å². The second kappa shape index (κ2) is 40.4. The Morgan fingerprint density at radius 1 is 0.116 bits per heavy atom. The number of benzene rings is 16. The van der Waals surface area contributed by atoms with E-state index in [1.807, 2.05) is 183 Å². The molecule has 146 heavy (non-hydrogen) atoms. The quantitative estimate of drug-likeness (QED) is 0.0783. The maximum Gasteiger partial charge on any atom is 0.182 e. The fraction of sp³-hybridized carbons (Fsp3) is 0. The van der Waals surface area contributed by atoms with E-state index in [1.54, 1.807) is 12.4 Å². The SMILES string of the molecule is c1ccc(-c2ccc(-c3nc(-c4ccc(-c5ccccc5)cc4)nc(-c4ccc(-c5cnc6ccccc6c5)cc4)n3)cc2)cc1.c1ccc(-c2ccc(-c3nc(-c4ccc(-c5cnc6ccccc6c5)cc4)nc(-c4ccc(-c5ccccn5)cc4)n3)cc2)nc1.c1ccc2ncc(-c3ccc(-c4nc(-c5ccc(-c6ccnc7ccccc67)cc5)nc(-c5ccc(-c6cccc7ccccc67)cn5)n4)cc3)cc2c1. The van der Waals surface area contributed by atoms with E-state index in [0.29, 0.717) is 58.1 Å². The van der Waals surface area contributed by atoms with Crippen molar-refractivity contribution < 1.29 is 0 Å². The van der Waals surface area contributed by atoms with Crippen LogP contribution in [0.25, 0.3) is 257 Å². The maximum absolute atomic E-state index is 5.02. The zero-order chi connectivity index (χ0) is 97.3. The molecular formula is C130H84N16. The Balaban J connectivity index is 0.000000118. The summed E-state index contributed by atoms with van der Waals surface area (Å²) in [4.78, 5) is 77.1. The van der Waals surface area contributed by atoms with Crippen LogP contribution in [0.2, 0.25) is 0 Å². The first kappa shape index (κ1) is 88.6. The third kappa shape index (κ3) is 19.2. The fourth-order valence-electron chi connectivity index (χ4n) is 18.2. The fourth-order valence-corrected chi connectivity index (χ4v) is 18.2. The molecule has 684 valence electrons. The molecule has 26 aromatic rings. The van der Waals surface area contributed by atoms with E-state index in [-0.39, 0.29) is 0 Å². The highest BCUT2D eigenvalue weighted by atomic mass is 15.1. The molecule has 0 fully saturated rings. The number of rotatable bonds is 18. The van der Waals surface area contributed by atoms with Crippen LogP contribution < -0.4 is 0 Å². The molecule has 0 unspecified atom stereocenters. The predicted molar refractivity (Wildman–Crippen MR) is 589 cm³/mol. The molecule has 26 rings (SSSR count). The molecule has 0 atom stereocenters. The Bertz CT molecular complexity index is 8520. The van der Waals surface area contributed by atoms with E-state index in [9.17, 15) is 0 Å². The molecule has 0 bridgehead atoms. The molecule has 0 saturated carbocycles. The molecular weight excluding hydrogens is 1790 g/mol. The molecule has 0 spiro atoms. The van der Waals surface area contributed by atoms with E-state index in [1.165, 1.54) is 21.9 Å². The summed E-state index contributed by atoms with van der Waals surface area (Å²) < 4.78 is 0. The highest BCUT2D eigenvalue weighted by Gasteiger charge is 2.21. The minimum atomic E-state index is 0.506. The van der Waals surface area contributed by atoms with Crippen LogP contribution in [0.3, 0.4) is 0 Å². The van der Waals surface area contributed by atoms with Gasteiger partial charge in [-0.15, -0.1) is 0 Å². The number of aromatic nitrogens is 16. The van der Waals surface area contributed by atoms with Gasteiger partial charge < -0.3 is 0 Å². The molecule has 0 radical (unpaired) electrons. The third-order valence-corrected chi connectivity index (χ3v) is 26.0. The first-order valence-corrected chi connectivity index (χ1v) is 48.2. The number of pyridine rings is 7. The van der Waals surface area contributed by atoms with Gasteiger partial charge in [0.2, 0.25) is 0 Å². The van der Waals surface area contributed by atoms with E-state index in [2.05, 4.69) is 345 Å². The van der Waals surface area contributed by atoms with Crippen molar-refractivity contribution in [2.45, 2.75) is 0 Å². The lowest BCUT2D eigenvalue weighted by atomic mass is 9.99. The van der Waals surface area contributed by atoms with Crippen molar-refractivity contribution >= 4 is 54.4 Å². The molecule has 10 heterocycles. The number of hydrogen-bond acceptors (Lipinski definition) is 16. The van der Waals surface area contributed by atoms with Crippen LogP contribution in [0.5, 0.6) is 0 Å². The summed E-state index contributed by atoms with van der Waals surface area (Å²) in [6.45, 7) is 0. The first-order chi connectivity index (χ1) is 72.3. The Morgan fingerprint density at radius 3 is 0.740 bits per heavy atom. The predicted octanol–water partition coefficient (Wildman–Crippen LogP) is 31.2. The summed E-state index contributed by atoms with van der Waals surface area (Å²) in [5.41, 5.74) is 31.2. The summed E-state index contributed by atoms with van der Waals surface area (Å²) in [7, 11) is 0. The van der Waals surface area contributed by atoms with Crippen molar-refractivity contribution in [1.82, 2.24) is 79.7 Å². The van der Waals surface area contributed by atoms with Gasteiger partial charge in [0.15, 0.2) is 52.4 Å². The summed E-state index contributed by atoms with van der Waals surface area (Å²) in [5, 5.41) is 6.82. The summed E-state index contributed by atoms with van der Waals surface area (Å²) >= 11 is 0. The standard InChI is InChI=1S/C48H30N6.C42H28N4.C40H26N6/c1-3-11-39-32(8-1)10-7-13-40(39)37-24-25-45(51-29-37)48-53-46(34-20-16-31(17-21-34)38-28-36-9-2-5-14-43(36)50-30-38)52-47(54-48)35-22-18-33(19-23-35)41-26-27-49-44-15-6-4-12-42(41)44;1-3-9-29(10-4-1)31-15-21-34(22-16-31)40-44-41(35-23-17-32(18-24-35)30-11-5-2-6-12-30)46-42(45-40)36-25-19-33(20-26-36)38-27-37-13-7-8-14-39(37)43-28-38;1-2-8-37-33(7-1)25-34(26-43-37)27-11-17-30(18-12-27)38-44-39(31-19-13-28(14-20-31)35-9-3-5-23-41-35)46-40(45-38)32-21-15-29(16-22-32)36-10-4-6-24-42-36/h1-30H;1-28H;1-26H. The molecule has 0 aliphatic heterocycles. The number of hydrogen-bond donors (Lipinski definition) is 0. The van der Waals surface area contributed by atoms with Crippen LogP contribution in [-0.2, 0) is 0 Å². The lowest BCUT2D eigenvalue weighted by Crippen LogP contribution is -2.01. The zero-order valence-corrected chi connectivity index (χ0v) is 78.7. The van der Waals surface area contributed by atoms with Crippen LogP contribution >= 0.6 is 0 Å². The Labute approximate surface area is 842 Å². The van der Waals surface area contributed by atoms with Crippen molar-refractivity contribution in [3.63, 3.8) is 0 Å². The van der Waals surface area contributed by atoms with Gasteiger partial charge in [-0.05, 0) is 145 Å². The van der Waals surface area contributed by atoms with Gasteiger partial charge in [0.05, 0.1) is 33.5 Å². The third-order valence-electron chi connectivity index (χ3n) is 26.0. The average molecular weight is 1870 g/mol. The molecule has 0 amide bonds. The normalized spacial score (nSPS) is 11.2. The lowest BCUT2D eigenvalue weighted by Gasteiger charge is -2.11. The van der Waals surface area contributed by atoms with Crippen molar-refractivity contribution in [3.05, 3.63) is 510 Å². The van der Waals surface area contributed by atoms with Crippen molar-refractivity contribution in [2.75, 3.05) is 0 Å². The van der Waals surface area contributed by atoms with Gasteiger partial charge in [-0.3, -0.25) is 34.9 Å². The van der Waals surface area contributed by atoms with Gasteiger partial charge in [-0.25, -0.2) is 44.9 Å². The van der Waals surface area contributed by atoms with E-state index in [4.69, 9.17) is 49.8 Å². The van der Waals surface area contributed by atoms with Gasteiger partial charge in [0.1, 0.15) is 5.69 Å².